The zero-order valence-electron chi connectivity index (χ0n) is 12.2. The number of carbonyl (C=O) groups excluding carboxylic acids is 1. The van der Waals surface area contributed by atoms with Gasteiger partial charge in [-0.2, -0.15) is 0 Å². The number of nitrogens with one attached hydrogen (secondary N) is 2. The highest BCUT2D eigenvalue weighted by Gasteiger charge is 2.39. The molecule has 5 heteroatoms. The lowest BCUT2D eigenvalue weighted by Gasteiger charge is -2.13. The number of hydrogen-bond acceptors (Lipinski definition) is 3. The highest BCUT2D eigenvalue weighted by Crippen LogP contribution is 2.38. The van der Waals surface area contributed by atoms with E-state index in [0.717, 1.165) is 25.9 Å². The third kappa shape index (κ3) is 3.53. The van der Waals surface area contributed by atoms with Crippen molar-refractivity contribution in [2.75, 3.05) is 23.8 Å². The maximum atomic E-state index is 14.0. The van der Waals surface area contributed by atoms with Gasteiger partial charge in [0.1, 0.15) is 5.82 Å². The van der Waals surface area contributed by atoms with Gasteiger partial charge < -0.3 is 15.4 Å². The van der Waals surface area contributed by atoms with E-state index in [2.05, 4.69) is 10.6 Å². The molecule has 3 atom stereocenters. The van der Waals surface area contributed by atoms with Gasteiger partial charge in [-0.3, -0.25) is 4.79 Å². The molecule has 4 nitrogen and oxygen atoms in total. The molecule has 1 aromatic carbocycles. The Kier molecular flexibility index (Phi) is 4.10. The van der Waals surface area contributed by atoms with Gasteiger partial charge >= 0.3 is 0 Å². The van der Waals surface area contributed by atoms with E-state index in [9.17, 15) is 9.18 Å². The van der Waals surface area contributed by atoms with Crippen LogP contribution in [0.2, 0.25) is 0 Å². The van der Waals surface area contributed by atoms with Gasteiger partial charge in [0.15, 0.2) is 0 Å². The number of anilines is 2. The summed E-state index contributed by atoms with van der Waals surface area (Å²) in [6.07, 6.45) is 3.18. The zero-order valence-corrected chi connectivity index (χ0v) is 12.2. The van der Waals surface area contributed by atoms with Crippen molar-refractivity contribution in [2.24, 2.45) is 11.8 Å². The van der Waals surface area contributed by atoms with E-state index in [0.29, 0.717) is 23.8 Å². The summed E-state index contributed by atoms with van der Waals surface area (Å²) in [6.45, 7) is 3.45. The van der Waals surface area contributed by atoms with E-state index in [-0.39, 0.29) is 23.7 Å². The molecule has 2 aliphatic rings. The molecule has 1 heterocycles. The monoisotopic (exact) mass is 292 g/mol. The van der Waals surface area contributed by atoms with Crippen LogP contribution in [0, 0.1) is 17.7 Å². The summed E-state index contributed by atoms with van der Waals surface area (Å²) in [5.41, 5.74) is 0.961. The topological polar surface area (TPSA) is 50.4 Å². The summed E-state index contributed by atoms with van der Waals surface area (Å²) < 4.78 is 19.5. The minimum atomic E-state index is -0.352. The lowest BCUT2D eigenvalue weighted by atomic mass is 10.2. The van der Waals surface area contributed by atoms with Crippen LogP contribution in [-0.4, -0.2) is 25.2 Å². The Hall–Kier alpha value is -1.62. The van der Waals surface area contributed by atoms with E-state index in [1.54, 1.807) is 12.1 Å². The van der Waals surface area contributed by atoms with E-state index >= 15 is 0 Å². The number of amides is 1. The SMILES string of the molecule is C[C@@H]1C[C@@H]1C(=O)Nc1ccc(NC[C@H]2CCCO2)c(F)c1. The van der Waals surface area contributed by atoms with Gasteiger partial charge in [-0.05, 0) is 43.4 Å². The van der Waals surface area contributed by atoms with Crippen LogP contribution in [0.15, 0.2) is 18.2 Å². The van der Waals surface area contributed by atoms with Crippen LogP contribution < -0.4 is 10.6 Å². The highest BCUT2D eigenvalue weighted by atomic mass is 19.1. The Morgan fingerprint density at radius 1 is 1.48 bits per heavy atom. The van der Waals surface area contributed by atoms with Crippen LogP contribution in [0.1, 0.15) is 26.2 Å². The van der Waals surface area contributed by atoms with Crippen LogP contribution in [0.5, 0.6) is 0 Å². The van der Waals surface area contributed by atoms with Gasteiger partial charge in [0, 0.05) is 24.8 Å². The van der Waals surface area contributed by atoms with Crippen molar-refractivity contribution in [3.63, 3.8) is 0 Å². The average Bonchev–Trinajstić information content (AvgIpc) is 2.98. The van der Waals surface area contributed by atoms with Crippen LogP contribution in [0.3, 0.4) is 0 Å². The van der Waals surface area contributed by atoms with E-state index in [1.807, 2.05) is 6.92 Å². The lowest BCUT2D eigenvalue weighted by molar-refractivity contribution is -0.117. The minimum absolute atomic E-state index is 0.0121. The predicted octanol–water partition coefficient (Wildman–Crippen LogP) is 3.01. The molecule has 0 aromatic heterocycles. The summed E-state index contributed by atoms with van der Waals surface area (Å²) in [5.74, 6) is 0.171. The minimum Gasteiger partial charge on any atom is -0.380 e. The van der Waals surface area contributed by atoms with Crippen molar-refractivity contribution in [3.8, 4) is 0 Å². The third-order valence-corrected chi connectivity index (χ3v) is 4.23. The van der Waals surface area contributed by atoms with Crippen LogP contribution in [-0.2, 0) is 9.53 Å². The first-order valence-electron chi connectivity index (χ1n) is 7.59. The molecule has 1 saturated carbocycles. The molecule has 2 fully saturated rings. The molecule has 1 saturated heterocycles. The maximum absolute atomic E-state index is 14.0. The van der Waals surface area contributed by atoms with Crippen molar-refractivity contribution in [3.05, 3.63) is 24.0 Å². The highest BCUT2D eigenvalue weighted by molar-refractivity contribution is 5.94. The van der Waals surface area contributed by atoms with Crippen LogP contribution >= 0.6 is 0 Å². The molecule has 21 heavy (non-hydrogen) atoms. The number of hydrogen-bond donors (Lipinski definition) is 2. The Balaban J connectivity index is 1.55. The lowest BCUT2D eigenvalue weighted by Crippen LogP contribution is -2.19. The number of halogens is 1. The van der Waals surface area contributed by atoms with Crippen molar-refractivity contribution >= 4 is 17.3 Å². The molecule has 0 bridgehead atoms. The molecular formula is C16H21FN2O2. The molecule has 1 aliphatic carbocycles. The molecular weight excluding hydrogens is 271 g/mol. The van der Waals surface area contributed by atoms with Gasteiger partial charge in [-0.1, -0.05) is 6.92 Å². The fourth-order valence-electron chi connectivity index (χ4n) is 2.69. The van der Waals surface area contributed by atoms with Gasteiger partial charge in [-0.15, -0.1) is 0 Å². The molecule has 1 aliphatic heterocycles. The Morgan fingerprint density at radius 2 is 2.29 bits per heavy atom. The van der Waals surface area contributed by atoms with Gasteiger partial charge in [0.05, 0.1) is 11.8 Å². The third-order valence-electron chi connectivity index (χ3n) is 4.23. The number of benzene rings is 1. The molecule has 1 amide bonds. The Bertz CT molecular complexity index is 529. The Labute approximate surface area is 124 Å². The molecule has 3 rings (SSSR count). The van der Waals surface area contributed by atoms with E-state index in [1.165, 1.54) is 6.07 Å². The van der Waals surface area contributed by atoms with Crippen molar-refractivity contribution < 1.29 is 13.9 Å². The van der Waals surface area contributed by atoms with Crippen molar-refractivity contribution in [2.45, 2.75) is 32.3 Å². The molecule has 114 valence electrons. The molecule has 1 aromatic rings. The molecule has 0 unspecified atom stereocenters. The number of ether oxygens (including phenoxy) is 1. The summed E-state index contributed by atoms with van der Waals surface area (Å²) in [7, 11) is 0. The number of carbonyl (C=O) groups is 1. The van der Waals surface area contributed by atoms with Gasteiger partial charge in [0.2, 0.25) is 5.91 Å². The number of rotatable bonds is 5. The average molecular weight is 292 g/mol. The first-order chi connectivity index (χ1) is 10.1. The first kappa shape index (κ1) is 14.3. The van der Waals surface area contributed by atoms with Crippen LogP contribution in [0.25, 0.3) is 0 Å². The molecule has 2 N–H and O–H groups in total. The summed E-state index contributed by atoms with van der Waals surface area (Å²) in [5, 5.41) is 5.83. The Morgan fingerprint density at radius 3 is 2.90 bits per heavy atom. The molecule has 0 radical (unpaired) electrons. The maximum Gasteiger partial charge on any atom is 0.227 e. The second kappa shape index (κ2) is 6.02. The first-order valence-corrected chi connectivity index (χ1v) is 7.59. The predicted molar refractivity (Wildman–Crippen MR) is 79.8 cm³/mol. The molecule has 0 spiro atoms. The standard InChI is InChI=1S/C16H21FN2O2/c1-10-7-13(10)16(20)19-11-4-5-15(14(17)8-11)18-9-12-3-2-6-21-12/h4-5,8,10,12-13,18H,2-3,6-7,9H2,1H3,(H,19,20)/t10-,12-,13+/m1/s1. The van der Waals surface area contributed by atoms with Crippen LogP contribution in [0.4, 0.5) is 15.8 Å². The van der Waals surface area contributed by atoms with Crippen molar-refractivity contribution in [1.82, 2.24) is 0 Å². The van der Waals surface area contributed by atoms with E-state index in [4.69, 9.17) is 4.74 Å². The normalized spacial score (nSPS) is 27.4. The van der Waals surface area contributed by atoms with E-state index < -0.39 is 0 Å². The largest absolute Gasteiger partial charge is 0.380 e. The quantitative estimate of drug-likeness (QED) is 0.877. The second-order valence-corrected chi connectivity index (χ2v) is 6.02. The fourth-order valence-corrected chi connectivity index (χ4v) is 2.69. The fraction of sp³-hybridized carbons (Fsp3) is 0.562. The smallest absolute Gasteiger partial charge is 0.227 e. The second-order valence-electron chi connectivity index (χ2n) is 6.02. The van der Waals surface area contributed by atoms with Gasteiger partial charge in [0.25, 0.3) is 0 Å². The van der Waals surface area contributed by atoms with Gasteiger partial charge in [-0.25, -0.2) is 4.39 Å². The summed E-state index contributed by atoms with van der Waals surface area (Å²) in [4.78, 5) is 11.8. The summed E-state index contributed by atoms with van der Waals surface area (Å²) in [6, 6.07) is 4.75. The zero-order chi connectivity index (χ0) is 14.8. The summed E-state index contributed by atoms with van der Waals surface area (Å²) >= 11 is 0. The van der Waals surface area contributed by atoms with Crippen molar-refractivity contribution in [1.29, 1.82) is 0 Å².